The van der Waals surface area contributed by atoms with Crippen LogP contribution in [0.2, 0.25) is 0 Å². The van der Waals surface area contributed by atoms with Crippen molar-refractivity contribution in [3.8, 4) is 5.06 Å². The summed E-state index contributed by atoms with van der Waals surface area (Å²) in [5.74, 6) is 0. The molecule has 1 aromatic rings. The quantitative estimate of drug-likeness (QED) is 0.735. The average Bonchev–Trinajstić information content (AvgIpc) is 2.45. The summed E-state index contributed by atoms with van der Waals surface area (Å²) in [6.45, 7) is 8.01. The van der Waals surface area contributed by atoms with Crippen LogP contribution in [-0.4, -0.2) is 19.2 Å². The zero-order valence-electron chi connectivity index (χ0n) is 8.46. The first-order valence-corrected chi connectivity index (χ1v) is 5.48. The first kappa shape index (κ1) is 10.5. The fraction of sp³-hybridized carbons (Fsp3) is 0.600. The van der Waals surface area contributed by atoms with Crippen molar-refractivity contribution in [1.82, 2.24) is 5.32 Å². The van der Waals surface area contributed by atoms with Gasteiger partial charge in [0.2, 0.25) is 0 Å². The maximum Gasteiger partial charge on any atom is 0.174 e. The van der Waals surface area contributed by atoms with Gasteiger partial charge in [-0.15, -0.1) is 11.3 Å². The average molecular weight is 199 g/mol. The van der Waals surface area contributed by atoms with E-state index in [1.807, 2.05) is 0 Å². The lowest BCUT2D eigenvalue weighted by atomic mass is 10.4. The summed E-state index contributed by atoms with van der Waals surface area (Å²) in [4.78, 5) is 0. The van der Waals surface area contributed by atoms with Crippen molar-refractivity contribution in [2.24, 2.45) is 0 Å². The Balaban J connectivity index is 2.13. The van der Waals surface area contributed by atoms with Gasteiger partial charge in [0.05, 0.1) is 0 Å². The maximum atomic E-state index is 5.53. The van der Waals surface area contributed by atoms with E-state index >= 15 is 0 Å². The molecular weight excluding hydrogens is 182 g/mol. The highest BCUT2D eigenvalue weighted by molar-refractivity contribution is 7.11. The largest absolute Gasteiger partial charge is 0.483 e. The summed E-state index contributed by atoms with van der Waals surface area (Å²) in [5.41, 5.74) is 1.27. The first-order valence-electron chi connectivity index (χ1n) is 4.60. The Morgan fingerprint density at radius 3 is 2.85 bits per heavy atom. The van der Waals surface area contributed by atoms with Crippen LogP contribution in [0.3, 0.4) is 0 Å². The Morgan fingerprint density at radius 1 is 1.54 bits per heavy atom. The highest BCUT2D eigenvalue weighted by atomic mass is 32.1. The molecule has 0 amide bonds. The van der Waals surface area contributed by atoms with Crippen LogP contribution < -0.4 is 10.1 Å². The standard InChI is InChI=1S/C10H17NOS/c1-8(2)11-4-5-12-10-6-9(3)7-13-10/h6-8,11H,4-5H2,1-3H3. The Kier molecular flexibility index (Phi) is 4.25. The molecule has 0 aliphatic rings. The molecule has 0 radical (unpaired) electrons. The van der Waals surface area contributed by atoms with Gasteiger partial charge in [0.25, 0.3) is 0 Å². The van der Waals surface area contributed by atoms with E-state index in [9.17, 15) is 0 Å². The van der Waals surface area contributed by atoms with Crippen molar-refractivity contribution < 1.29 is 4.74 Å². The molecule has 0 atom stereocenters. The zero-order valence-corrected chi connectivity index (χ0v) is 9.28. The van der Waals surface area contributed by atoms with Gasteiger partial charge in [0, 0.05) is 12.6 Å². The summed E-state index contributed by atoms with van der Waals surface area (Å²) in [6.07, 6.45) is 0. The van der Waals surface area contributed by atoms with E-state index in [0.717, 1.165) is 18.2 Å². The van der Waals surface area contributed by atoms with Gasteiger partial charge in [-0.3, -0.25) is 0 Å². The highest BCUT2D eigenvalue weighted by Gasteiger charge is 1.97. The minimum Gasteiger partial charge on any atom is -0.483 e. The lowest BCUT2D eigenvalue weighted by Crippen LogP contribution is -2.27. The molecule has 1 N–H and O–H groups in total. The molecule has 3 heteroatoms. The topological polar surface area (TPSA) is 21.3 Å². The first-order chi connectivity index (χ1) is 6.18. The molecule has 0 bridgehead atoms. The number of rotatable bonds is 5. The summed E-state index contributed by atoms with van der Waals surface area (Å²) in [6, 6.07) is 2.61. The van der Waals surface area contributed by atoms with Crippen LogP contribution >= 0.6 is 11.3 Å². The van der Waals surface area contributed by atoms with Gasteiger partial charge in [-0.05, 0) is 23.9 Å². The third kappa shape index (κ3) is 4.29. The van der Waals surface area contributed by atoms with Crippen molar-refractivity contribution >= 4 is 11.3 Å². The van der Waals surface area contributed by atoms with E-state index in [0.29, 0.717) is 6.04 Å². The van der Waals surface area contributed by atoms with Gasteiger partial charge in [-0.2, -0.15) is 0 Å². The third-order valence-electron chi connectivity index (χ3n) is 1.61. The van der Waals surface area contributed by atoms with E-state index in [2.05, 4.69) is 37.5 Å². The van der Waals surface area contributed by atoms with E-state index in [1.54, 1.807) is 11.3 Å². The lowest BCUT2D eigenvalue weighted by molar-refractivity contribution is 0.317. The van der Waals surface area contributed by atoms with Crippen LogP contribution in [0.1, 0.15) is 19.4 Å². The zero-order chi connectivity index (χ0) is 9.68. The lowest BCUT2D eigenvalue weighted by Gasteiger charge is -2.07. The third-order valence-corrected chi connectivity index (χ3v) is 2.56. The van der Waals surface area contributed by atoms with Crippen LogP contribution in [0, 0.1) is 6.92 Å². The monoisotopic (exact) mass is 199 g/mol. The van der Waals surface area contributed by atoms with Crippen molar-refractivity contribution in [2.75, 3.05) is 13.2 Å². The smallest absolute Gasteiger partial charge is 0.174 e. The van der Waals surface area contributed by atoms with Crippen LogP contribution in [0.15, 0.2) is 11.4 Å². The molecule has 0 spiro atoms. The molecule has 74 valence electrons. The minimum atomic E-state index is 0.536. The molecule has 0 aliphatic carbocycles. The number of thiophene rings is 1. The van der Waals surface area contributed by atoms with Crippen LogP contribution in [0.5, 0.6) is 5.06 Å². The van der Waals surface area contributed by atoms with E-state index in [4.69, 9.17) is 4.74 Å². The van der Waals surface area contributed by atoms with Gasteiger partial charge in [-0.25, -0.2) is 0 Å². The van der Waals surface area contributed by atoms with E-state index < -0.39 is 0 Å². The molecule has 0 unspecified atom stereocenters. The molecular formula is C10H17NOS. The number of hydrogen-bond donors (Lipinski definition) is 1. The highest BCUT2D eigenvalue weighted by Crippen LogP contribution is 2.21. The van der Waals surface area contributed by atoms with Gasteiger partial charge in [-0.1, -0.05) is 13.8 Å². The predicted molar refractivity (Wildman–Crippen MR) is 57.7 cm³/mol. The number of aryl methyl sites for hydroxylation is 1. The molecule has 0 aliphatic heterocycles. The minimum absolute atomic E-state index is 0.536. The normalized spacial score (nSPS) is 10.8. The van der Waals surface area contributed by atoms with Crippen molar-refractivity contribution in [1.29, 1.82) is 0 Å². The fourth-order valence-corrected chi connectivity index (χ4v) is 1.76. The number of ether oxygens (including phenoxy) is 1. The van der Waals surface area contributed by atoms with E-state index in [-0.39, 0.29) is 0 Å². The van der Waals surface area contributed by atoms with Crippen LogP contribution in [0.25, 0.3) is 0 Å². The summed E-state index contributed by atoms with van der Waals surface area (Å²) in [7, 11) is 0. The Labute approximate surface area is 83.9 Å². The maximum absolute atomic E-state index is 5.53. The van der Waals surface area contributed by atoms with Crippen LogP contribution in [0.4, 0.5) is 0 Å². The molecule has 0 saturated carbocycles. The predicted octanol–water partition coefficient (Wildman–Crippen LogP) is 2.43. The molecule has 0 aromatic carbocycles. The van der Waals surface area contributed by atoms with Crippen molar-refractivity contribution in [2.45, 2.75) is 26.8 Å². The second-order valence-electron chi connectivity index (χ2n) is 3.40. The van der Waals surface area contributed by atoms with Gasteiger partial charge >= 0.3 is 0 Å². The summed E-state index contributed by atoms with van der Waals surface area (Å²) in [5, 5.41) is 6.42. The molecule has 0 fully saturated rings. The van der Waals surface area contributed by atoms with Gasteiger partial charge in [0.15, 0.2) is 5.06 Å². The summed E-state index contributed by atoms with van der Waals surface area (Å²) < 4.78 is 5.53. The number of nitrogens with one attached hydrogen (secondary N) is 1. The molecule has 1 rings (SSSR count). The Bertz CT molecular complexity index is 245. The second-order valence-corrected chi connectivity index (χ2v) is 4.27. The molecule has 1 heterocycles. The van der Waals surface area contributed by atoms with Gasteiger partial charge in [0.1, 0.15) is 6.61 Å². The second kappa shape index (κ2) is 5.25. The summed E-state index contributed by atoms with van der Waals surface area (Å²) >= 11 is 1.66. The molecule has 2 nitrogen and oxygen atoms in total. The Morgan fingerprint density at radius 2 is 2.31 bits per heavy atom. The molecule has 0 saturated heterocycles. The van der Waals surface area contributed by atoms with E-state index in [1.165, 1.54) is 5.56 Å². The van der Waals surface area contributed by atoms with Gasteiger partial charge < -0.3 is 10.1 Å². The molecule has 1 aromatic heterocycles. The number of hydrogen-bond acceptors (Lipinski definition) is 3. The van der Waals surface area contributed by atoms with Crippen molar-refractivity contribution in [3.05, 3.63) is 17.0 Å². The SMILES string of the molecule is Cc1csc(OCCNC(C)C)c1. The van der Waals surface area contributed by atoms with Crippen LogP contribution in [-0.2, 0) is 0 Å². The fourth-order valence-electron chi connectivity index (χ4n) is 0.980. The Hall–Kier alpha value is -0.540. The molecule has 13 heavy (non-hydrogen) atoms. The van der Waals surface area contributed by atoms with Crippen molar-refractivity contribution in [3.63, 3.8) is 0 Å².